The number of fused-ring (bicyclic) bond motifs is 1. The summed E-state index contributed by atoms with van der Waals surface area (Å²) in [7, 11) is 1.56. The Hall–Kier alpha value is -3.05. The van der Waals surface area contributed by atoms with E-state index >= 15 is 0 Å². The van der Waals surface area contributed by atoms with Crippen LogP contribution in [0, 0.1) is 0 Å². The number of benzene rings is 2. The maximum absolute atomic E-state index is 10.0. The molecule has 2 aromatic carbocycles. The molecule has 0 saturated heterocycles. The highest BCUT2D eigenvalue weighted by Gasteiger charge is 2.16. The molecule has 0 unspecified atom stereocenters. The molecule has 2 N–H and O–H groups in total. The lowest BCUT2D eigenvalue weighted by atomic mass is 10.1. The molecule has 27 heavy (non-hydrogen) atoms. The van der Waals surface area contributed by atoms with Gasteiger partial charge in [-0.05, 0) is 23.8 Å². The first kappa shape index (κ1) is 17.4. The molecular formula is C22H23N3O2. The Balaban J connectivity index is 1.52. The van der Waals surface area contributed by atoms with Gasteiger partial charge in [0, 0.05) is 49.2 Å². The van der Waals surface area contributed by atoms with Gasteiger partial charge in [-0.1, -0.05) is 36.4 Å². The van der Waals surface area contributed by atoms with Gasteiger partial charge in [0.2, 0.25) is 0 Å². The zero-order valence-electron chi connectivity index (χ0n) is 15.4. The Labute approximate surface area is 159 Å². The van der Waals surface area contributed by atoms with Crippen LogP contribution in [0.25, 0.3) is 11.3 Å². The Bertz CT molecular complexity index is 928. The van der Waals surface area contributed by atoms with E-state index in [1.165, 1.54) is 5.56 Å². The van der Waals surface area contributed by atoms with E-state index in [9.17, 15) is 5.11 Å². The second-order valence-corrected chi connectivity index (χ2v) is 6.74. The molecule has 1 aromatic heterocycles. The van der Waals surface area contributed by atoms with Crippen LogP contribution in [0.2, 0.25) is 0 Å². The van der Waals surface area contributed by atoms with Gasteiger partial charge in [0.1, 0.15) is 0 Å². The molecule has 1 aliphatic heterocycles. The maximum Gasteiger partial charge on any atom is 0.160 e. The monoisotopic (exact) mass is 361 g/mol. The summed E-state index contributed by atoms with van der Waals surface area (Å²) in [6, 6.07) is 17.9. The molecule has 138 valence electrons. The molecule has 2 heterocycles. The normalized spacial score (nSPS) is 14.1. The number of anilines is 1. The number of hydrogen-bond acceptors (Lipinski definition) is 5. The van der Waals surface area contributed by atoms with E-state index in [1.807, 2.05) is 36.5 Å². The van der Waals surface area contributed by atoms with Crippen molar-refractivity contribution in [2.75, 3.05) is 25.5 Å². The molecule has 1 aliphatic rings. The van der Waals surface area contributed by atoms with Gasteiger partial charge in [-0.3, -0.25) is 9.88 Å². The summed E-state index contributed by atoms with van der Waals surface area (Å²) >= 11 is 0. The van der Waals surface area contributed by atoms with Crippen LogP contribution >= 0.6 is 0 Å². The largest absolute Gasteiger partial charge is 0.504 e. The molecule has 0 saturated carbocycles. The van der Waals surface area contributed by atoms with Crippen molar-refractivity contribution in [1.82, 2.24) is 9.88 Å². The summed E-state index contributed by atoms with van der Waals surface area (Å²) in [5, 5.41) is 13.5. The molecule has 0 bridgehead atoms. The van der Waals surface area contributed by atoms with Crippen LogP contribution < -0.4 is 10.1 Å². The number of aromatic hydroxyl groups is 1. The zero-order chi connectivity index (χ0) is 18.6. The topological polar surface area (TPSA) is 57.6 Å². The molecule has 3 aromatic rings. The van der Waals surface area contributed by atoms with Crippen LogP contribution in [0.15, 0.2) is 60.8 Å². The fourth-order valence-electron chi connectivity index (χ4n) is 3.44. The predicted octanol–water partition coefficient (Wildman–Crippen LogP) is 3.89. The number of phenolic OH excluding ortho intramolecular Hbond substituents is 1. The van der Waals surface area contributed by atoms with Crippen molar-refractivity contribution >= 4 is 5.69 Å². The first-order chi connectivity index (χ1) is 13.2. The molecule has 4 rings (SSSR count). The SMILES string of the molecule is COc1ccc(CN2CCNc3cc(-c4ccccc4)ncc3C2)cc1O. The highest BCUT2D eigenvalue weighted by molar-refractivity contribution is 5.66. The fraction of sp³-hybridized carbons (Fsp3) is 0.227. The zero-order valence-corrected chi connectivity index (χ0v) is 15.4. The maximum atomic E-state index is 10.0. The highest BCUT2D eigenvalue weighted by Crippen LogP contribution is 2.29. The molecule has 5 nitrogen and oxygen atoms in total. The lowest BCUT2D eigenvalue weighted by Gasteiger charge is -2.20. The number of rotatable bonds is 4. The van der Waals surface area contributed by atoms with Gasteiger partial charge in [-0.15, -0.1) is 0 Å². The average molecular weight is 361 g/mol. The fourth-order valence-corrected chi connectivity index (χ4v) is 3.44. The van der Waals surface area contributed by atoms with E-state index in [0.29, 0.717) is 5.75 Å². The molecule has 0 radical (unpaired) electrons. The third-order valence-electron chi connectivity index (χ3n) is 4.84. The lowest BCUT2D eigenvalue weighted by molar-refractivity contribution is 0.271. The minimum absolute atomic E-state index is 0.178. The van der Waals surface area contributed by atoms with Crippen molar-refractivity contribution < 1.29 is 9.84 Å². The van der Waals surface area contributed by atoms with Crippen molar-refractivity contribution in [3.63, 3.8) is 0 Å². The Kier molecular flexibility index (Phi) is 4.94. The summed E-state index contributed by atoms with van der Waals surface area (Å²) in [4.78, 5) is 7.01. The predicted molar refractivity (Wildman–Crippen MR) is 107 cm³/mol. The smallest absolute Gasteiger partial charge is 0.160 e. The second kappa shape index (κ2) is 7.68. The van der Waals surface area contributed by atoms with Gasteiger partial charge in [0.25, 0.3) is 0 Å². The number of nitrogens with one attached hydrogen (secondary N) is 1. The van der Waals surface area contributed by atoms with E-state index in [0.717, 1.165) is 48.7 Å². The molecule has 0 atom stereocenters. The molecule has 0 aliphatic carbocycles. The Morgan fingerprint density at radius 2 is 2.00 bits per heavy atom. The Morgan fingerprint density at radius 3 is 2.78 bits per heavy atom. The molecule has 0 fully saturated rings. The van der Waals surface area contributed by atoms with Crippen LogP contribution in [-0.4, -0.2) is 35.2 Å². The Morgan fingerprint density at radius 1 is 1.15 bits per heavy atom. The van der Waals surface area contributed by atoms with Gasteiger partial charge in [0.15, 0.2) is 11.5 Å². The van der Waals surface area contributed by atoms with Crippen LogP contribution in [-0.2, 0) is 13.1 Å². The summed E-state index contributed by atoms with van der Waals surface area (Å²) < 4.78 is 5.12. The quantitative estimate of drug-likeness (QED) is 0.738. The minimum atomic E-state index is 0.178. The van der Waals surface area contributed by atoms with Crippen molar-refractivity contribution in [3.8, 4) is 22.8 Å². The van der Waals surface area contributed by atoms with Crippen LogP contribution in [0.3, 0.4) is 0 Å². The number of phenols is 1. The van der Waals surface area contributed by atoms with Crippen LogP contribution in [0.5, 0.6) is 11.5 Å². The van der Waals surface area contributed by atoms with E-state index in [4.69, 9.17) is 4.74 Å². The van der Waals surface area contributed by atoms with Crippen LogP contribution in [0.1, 0.15) is 11.1 Å². The molecule has 5 heteroatoms. The van der Waals surface area contributed by atoms with Gasteiger partial charge >= 0.3 is 0 Å². The summed E-state index contributed by atoms with van der Waals surface area (Å²) in [6.07, 6.45) is 1.97. The number of methoxy groups -OCH3 is 1. The first-order valence-corrected chi connectivity index (χ1v) is 9.09. The number of hydrogen-bond donors (Lipinski definition) is 2. The summed E-state index contributed by atoms with van der Waals surface area (Å²) in [5.41, 5.74) is 5.49. The third kappa shape index (κ3) is 3.88. The summed E-state index contributed by atoms with van der Waals surface area (Å²) in [5.74, 6) is 0.678. The molecule has 0 spiro atoms. The van der Waals surface area contributed by atoms with Crippen molar-refractivity contribution in [1.29, 1.82) is 0 Å². The van der Waals surface area contributed by atoms with E-state index in [-0.39, 0.29) is 5.75 Å². The van der Waals surface area contributed by atoms with E-state index < -0.39 is 0 Å². The van der Waals surface area contributed by atoms with Crippen molar-refractivity contribution in [2.45, 2.75) is 13.1 Å². The summed E-state index contributed by atoms with van der Waals surface area (Å²) in [6.45, 7) is 3.37. The van der Waals surface area contributed by atoms with Gasteiger partial charge < -0.3 is 15.2 Å². The minimum Gasteiger partial charge on any atom is -0.504 e. The first-order valence-electron chi connectivity index (χ1n) is 9.09. The molecular weight excluding hydrogens is 338 g/mol. The van der Waals surface area contributed by atoms with Crippen molar-refractivity contribution in [2.24, 2.45) is 0 Å². The average Bonchev–Trinajstić information content (AvgIpc) is 2.90. The van der Waals surface area contributed by atoms with Gasteiger partial charge in [-0.25, -0.2) is 0 Å². The van der Waals surface area contributed by atoms with Gasteiger partial charge in [-0.2, -0.15) is 0 Å². The number of nitrogens with zero attached hydrogens (tertiary/aromatic N) is 2. The number of ether oxygens (including phenoxy) is 1. The molecule has 0 amide bonds. The second-order valence-electron chi connectivity index (χ2n) is 6.74. The van der Waals surface area contributed by atoms with E-state index in [2.05, 4.69) is 33.4 Å². The lowest BCUT2D eigenvalue weighted by Crippen LogP contribution is -2.25. The van der Waals surface area contributed by atoms with Crippen LogP contribution in [0.4, 0.5) is 5.69 Å². The standard InChI is InChI=1S/C22H23N3O2/c1-27-22-8-7-16(11-21(22)26)14-25-10-9-23-20-12-19(24-13-18(20)15-25)17-5-3-2-4-6-17/h2-8,11-13,23,26H,9-10,14-15H2,1H3. The number of aromatic nitrogens is 1. The van der Waals surface area contributed by atoms with Gasteiger partial charge in [0.05, 0.1) is 12.8 Å². The third-order valence-corrected chi connectivity index (χ3v) is 4.84. The number of pyridine rings is 1. The highest BCUT2D eigenvalue weighted by atomic mass is 16.5. The van der Waals surface area contributed by atoms with Crippen molar-refractivity contribution in [3.05, 3.63) is 71.9 Å². The van der Waals surface area contributed by atoms with E-state index in [1.54, 1.807) is 13.2 Å².